The molecule has 6 heteroatoms. The Hall–Kier alpha value is -2.05. The first-order valence-corrected chi connectivity index (χ1v) is 9.22. The van der Waals surface area contributed by atoms with Crippen LogP contribution in [0.15, 0.2) is 30.6 Å². The van der Waals surface area contributed by atoms with Crippen LogP contribution in [0.1, 0.15) is 41.0 Å². The summed E-state index contributed by atoms with van der Waals surface area (Å²) in [5.74, 6) is 0.294. The zero-order valence-corrected chi connectivity index (χ0v) is 14.5. The van der Waals surface area contributed by atoms with Gasteiger partial charge in [0.2, 0.25) is 0 Å². The molecule has 1 N–H and O–H groups in total. The van der Waals surface area contributed by atoms with E-state index >= 15 is 0 Å². The summed E-state index contributed by atoms with van der Waals surface area (Å²) in [5.41, 5.74) is 3.12. The highest BCUT2D eigenvalue weighted by Gasteiger charge is 2.27. The third-order valence-electron chi connectivity index (χ3n) is 5.15. The third-order valence-corrected chi connectivity index (χ3v) is 5.15. The van der Waals surface area contributed by atoms with Crippen molar-refractivity contribution in [3.05, 3.63) is 47.5 Å². The third kappa shape index (κ3) is 3.80. The van der Waals surface area contributed by atoms with E-state index in [2.05, 4.69) is 25.9 Å². The van der Waals surface area contributed by atoms with Gasteiger partial charge in [0.15, 0.2) is 5.78 Å². The zero-order valence-electron chi connectivity index (χ0n) is 14.5. The van der Waals surface area contributed by atoms with Gasteiger partial charge in [-0.05, 0) is 50.6 Å². The lowest BCUT2D eigenvalue weighted by Crippen LogP contribution is -2.38. The van der Waals surface area contributed by atoms with Gasteiger partial charge in [0.05, 0.1) is 11.4 Å². The maximum atomic E-state index is 12.7. The van der Waals surface area contributed by atoms with Crippen molar-refractivity contribution in [2.75, 3.05) is 19.6 Å². The van der Waals surface area contributed by atoms with Gasteiger partial charge in [-0.3, -0.25) is 19.4 Å². The van der Waals surface area contributed by atoms with Gasteiger partial charge in [-0.25, -0.2) is 0 Å². The average Bonchev–Trinajstić information content (AvgIpc) is 2.90. The lowest BCUT2D eigenvalue weighted by molar-refractivity contribution is 0.0809. The fourth-order valence-electron chi connectivity index (χ4n) is 3.88. The number of carbonyl (C=O) groups excluding carboxylic acids is 1. The molecule has 1 fully saturated rings. The average molecular weight is 339 g/mol. The number of hydrogen-bond acceptors (Lipinski definition) is 5. The van der Waals surface area contributed by atoms with Crippen LogP contribution in [0.25, 0.3) is 0 Å². The summed E-state index contributed by atoms with van der Waals surface area (Å²) in [5, 5.41) is 8.21. The minimum atomic E-state index is 0.0695. The molecule has 0 aliphatic carbocycles. The Morgan fingerprint density at radius 1 is 1.32 bits per heavy atom. The minimum absolute atomic E-state index is 0.0695. The number of fused-ring (bicyclic) bond motifs is 1. The van der Waals surface area contributed by atoms with Gasteiger partial charge in [0.1, 0.15) is 0 Å². The predicted octanol–water partition coefficient (Wildman–Crippen LogP) is 1.87. The van der Waals surface area contributed by atoms with E-state index in [1.807, 2.05) is 12.1 Å². The number of aryl methyl sites for hydroxylation is 1. The van der Waals surface area contributed by atoms with Gasteiger partial charge in [-0.1, -0.05) is 0 Å². The Balaban J connectivity index is 1.41. The van der Waals surface area contributed by atoms with Crippen molar-refractivity contribution in [1.29, 1.82) is 0 Å². The van der Waals surface area contributed by atoms with E-state index in [0.717, 1.165) is 69.8 Å². The number of ketones is 1. The number of piperidine rings is 1. The van der Waals surface area contributed by atoms with Gasteiger partial charge in [-0.15, -0.1) is 0 Å². The number of aromatic nitrogens is 3. The van der Waals surface area contributed by atoms with Crippen molar-refractivity contribution in [3.63, 3.8) is 0 Å². The summed E-state index contributed by atoms with van der Waals surface area (Å²) in [6, 6.07) is 5.92. The molecule has 4 heterocycles. The SMILES string of the molecule is O=C(c1cccnc1)[C@H]1CCCN(Cc2cc3n(n2)CCCNC3)C1. The van der Waals surface area contributed by atoms with Crippen molar-refractivity contribution in [3.8, 4) is 0 Å². The van der Waals surface area contributed by atoms with Gasteiger partial charge in [-0.2, -0.15) is 5.10 Å². The molecule has 0 radical (unpaired) electrons. The molecule has 2 aliphatic heterocycles. The van der Waals surface area contributed by atoms with E-state index in [-0.39, 0.29) is 11.7 Å². The molecule has 0 saturated carbocycles. The fraction of sp³-hybridized carbons (Fsp3) is 0.526. The van der Waals surface area contributed by atoms with Crippen LogP contribution in [0.4, 0.5) is 0 Å². The first kappa shape index (κ1) is 16.4. The molecule has 1 atom stereocenters. The monoisotopic (exact) mass is 339 g/mol. The highest BCUT2D eigenvalue weighted by Crippen LogP contribution is 2.22. The largest absolute Gasteiger partial charge is 0.311 e. The maximum Gasteiger partial charge on any atom is 0.168 e. The standard InChI is InChI=1S/C19H25N5O/c25-19(15-4-1-6-20-11-15)16-5-2-8-23(13-16)14-17-10-18-12-21-7-3-9-24(18)22-17/h1,4,6,10-11,16,21H,2-3,5,7-9,12-14H2/t16-/m0/s1. The van der Waals surface area contributed by atoms with Crippen molar-refractivity contribution in [2.24, 2.45) is 5.92 Å². The summed E-state index contributed by atoms with van der Waals surface area (Å²) in [6.45, 7) is 5.63. The van der Waals surface area contributed by atoms with Crippen molar-refractivity contribution in [1.82, 2.24) is 25.0 Å². The predicted molar refractivity (Wildman–Crippen MR) is 95.1 cm³/mol. The van der Waals surface area contributed by atoms with Crippen molar-refractivity contribution < 1.29 is 4.79 Å². The van der Waals surface area contributed by atoms with Gasteiger partial charge in [0.25, 0.3) is 0 Å². The summed E-state index contributed by atoms with van der Waals surface area (Å²) < 4.78 is 2.14. The van der Waals surface area contributed by atoms with E-state index in [1.165, 1.54) is 5.69 Å². The fourth-order valence-corrected chi connectivity index (χ4v) is 3.88. The molecule has 2 aromatic rings. The smallest absolute Gasteiger partial charge is 0.168 e. The summed E-state index contributed by atoms with van der Waals surface area (Å²) in [4.78, 5) is 19.2. The summed E-state index contributed by atoms with van der Waals surface area (Å²) in [6.07, 6.45) is 6.54. The molecule has 0 bridgehead atoms. The quantitative estimate of drug-likeness (QED) is 0.862. The Labute approximate surface area is 148 Å². The topological polar surface area (TPSA) is 63.1 Å². The second-order valence-electron chi connectivity index (χ2n) is 7.06. The second-order valence-corrected chi connectivity index (χ2v) is 7.06. The molecular formula is C19H25N5O. The normalized spacial score (nSPS) is 21.5. The summed E-state index contributed by atoms with van der Waals surface area (Å²) >= 11 is 0. The van der Waals surface area contributed by atoms with Crippen LogP contribution in [-0.2, 0) is 19.6 Å². The molecule has 2 aliphatic rings. The summed E-state index contributed by atoms with van der Waals surface area (Å²) in [7, 11) is 0. The van der Waals surface area contributed by atoms with Gasteiger partial charge >= 0.3 is 0 Å². The molecule has 25 heavy (non-hydrogen) atoms. The number of carbonyl (C=O) groups is 1. The molecule has 0 spiro atoms. The Morgan fingerprint density at radius 2 is 2.28 bits per heavy atom. The minimum Gasteiger partial charge on any atom is -0.311 e. The molecule has 6 nitrogen and oxygen atoms in total. The van der Waals surface area contributed by atoms with E-state index in [4.69, 9.17) is 5.10 Å². The number of pyridine rings is 1. The van der Waals surface area contributed by atoms with Crippen LogP contribution in [0.3, 0.4) is 0 Å². The lowest BCUT2D eigenvalue weighted by Gasteiger charge is -2.31. The van der Waals surface area contributed by atoms with E-state index < -0.39 is 0 Å². The number of rotatable bonds is 4. The first-order chi connectivity index (χ1) is 12.3. The number of nitrogens with zero attached hydrogens (tertiary/aromatic N) is 4. The highest BCUT2D eigenvalue weighted by molar-refractivity contribution is 5.97. The molecule has 2 aromatic heterocycles. The Kier molecular flexibility index (Phi) is 4.90. The molecule has 1 saturated heterocycles. The van der Waals surface area contributed by atoms with Crippen LogP contribution in [-0.4, -0.2) is 45.1 Å². The molecule has 132 valence electrons. The molecule has 0 amide bonds. The lowest BCUT2D eigenvalue weighted by atomic mass is 9.90. The van der Waals surface area contributed by atoms with Gasteiger partial charge in [0, 0.05) is 50.1 Å². The molecule has 4 rings (SSSR count). The van der Waals surface area contributed by atoms with Crippen molar-refractivity contribution >= 4 is 5.78 Å². The zero-order chi connectivity index (χ0) is 17.1. The van der Waals surface area contributed by atoms with Gasteiger partial charge < -0.3 is 5.32 Å². The number of likely N-dealkylation sites (tertiary alicyclic amines) is 1. The number of nitrogens with one attached hydrogen (secondary N) is 1. The van der Waals surface area contributed by atoms with E-state index in [1.54, 1.807) is 12.4 Å². The van der Waals surface area contributed by atoms with Crippen LogP contribution < -0.4 is 5.32 Å². The van der Waals surface area contributed by atoms with Crippen LogP contribution >= 0.6 is 0 Å². The Bertz CT molecular complexity index is 703. The molecular weight excluding hydrogens is 314 g/mol. The number of hydrogen-bond donors (Lipinski definition) is 1. The van der Waals surface area contributed by atoms with Crippen molar-refractivity contribution in [2.45, 2.75) is 38.9 Å². The van der Waals surface area contributed by atoms with Crippen LogP contribution in [0.5, 0.6) is 0 Å². The number of Topliss-reactive ketones (excluding diaryl/α,β-unsaturated/α-hetero) is 1. The molecule has 0 unspecified atom stereocenters. The van der Waals surface area contributed by atoms with Crippen LogP contribution in [0.2, 0.25) is 0 Å². The van der Waals surface area contributed by atoms with E-state index in [9.17, 15) is 4.79 Å². The maximum absolute atomic E-state index is 12.7. The Morgan fingerprint density at radius 3 is 3.16 bits per heavy atom. The van der Waals surface area contributed by atoms with E-state index in [0.29, 0.717) is 0 Å². The highest BCUT2D eigenvalue weighted by atomic mass is 16.1. The second kappa shape index (κ2) is 7.45. The molecule has 0 aromatic carbocycles. The van der Waals surface area contributed by atoms with Crippen LogP contribution in [0, 0.1) is 5.92 Å². The first-order valence-electron chi connectivity index (χ1n) is 9.22.